The maximum atomic E-state index is 12.8. The summed E-state index contributed by atoms with van der Waals surface area (Å²) in [5.74, 6) is 0.490. The minimum atomic E-state index is -0.683. The first-order chi connectivity index (χ1) is 13.8. The summed E-state index contributed by atoms with van der Waals surface area (Å²) in [5, 5.41) is 0. The Bertz CT molecular complexity index is 962. The first-order valence-electron chi connectivity index (χ1n) is 9.95. The summed E-state index contributed by atoms with van der Waals surface area (Å²) in [6.07, 6.45) is 1.59. The number of nitrogens with zero attached hydrogens (tertiary/aromatic N) is 2. The summed E-state index contributed by atoms with van der Waals surface area (Å²) in [7, 11) is 0. The first kappa shape index (κ1) is 22.3. The molecule has 2 aromatic rings. The van der Waals surface area contributed by atoms with Gasteiger partial charge in [0.2, 0.25) is 0 Å². The van der Waals surface area contributed by atoms with Gasteiger partial charge < -0.3 is 15.4 Å². The fourth-order valence-corrected chi connectivity index (χ4v) is 3.02. The van der Waals surface area contributed by atoms with Crippen molar-refractivity contribution in [3.05, 3.63) is 50.7 Å². The van der Waals surface area contributed by atoms with E-state index in [4.69, 9.17) is 10.5 Å². The molecule has 8 heteroatoms. The molecule has 0 fully saturated rings. The van der Waals surface area contributed by atoms with E-state index in [0.29, 0.717) is 18.2 Å². The molecule has 29 heavy (non-hydrogen) atoms. The van der Waals surface area contributed by atoms with Gasteiger partial charge in [-0.3, -0.25) is 19.1 Å². The summed E-state index contributed by atoms with van der Waals surface area (Å²) in [6.45, 7) is 8.21. The van der Waals surface area contributed by atoms with Crippen molar-refractivity contribution in [1.29, 1.82) is 0 Å². The molecule has 0 saturated carbocycles. The number of amides is 1. The van der Waals surface area contributed by atoms with Crippen LogP contribution in [-0.2, 0) is 11.3 Å². The van der Waals surface area contributed by atoms with Crippen LogP contribution in [0.4, 0.5) is 11.5 Å². The SMILES string of the molecule is CCCCn1c(N)c(N(CC)C(=O)COc2cccc(C(C)C)c2)c(=O)[nH]c1=O. The van der Waals surface area contributed by atoms with Gasteiger partial charge in [-0.15, -0.1) is 0 Å². The van der Waals surface area contributed by atoms with Crippen LogP contribution in [-0.4, -0.2) is 28.6 Å². The third kappa shape index (κ3) is 5.28. The van der Waals surface area contributed by atoms with Gasteiger partial charge in [0.1, 0.15) is 11.6 Å². The number of benzene rings is 1. The number of nitrogens with one attached hydrogen (secondary N) is 1. The van der Waals surface area contributed by atoms with Crippen molar-refractivity contribution >= 4 is 17.4 Å². The van der Waals surface area contributed by atoms with Crippen molar-refractivity contribution in [2.24, 2.45) is 0 Å². The molecule has 0 aliphatic rings. The van der Waals surface area contributed by atoms with Gasteiger partial charge in [-0.25, -0.2) is 4.79 Å². The standard InChI is InChI=1S/C21H30N4O4/c1-5-7-11-25-19(22)18(20(27)23-21(25)28)24(6-2)17(26)13-29-16-10-8-9-15(12-16)14(3)4/h8-10,12,14H,5-7,11,13,22H2,1-4H3,(H,23,27,28). The normalized spacial score (nSPS) is 10.9. The number of nitrogen functional groups attached to an aromatic ring is 1. The van der Waals surface area contributed by atoms with Crippen LogP contribution in [0.5, 0.6) is 5.75 Å². The number of likely N-dealkylation sites (N-methyl/N-ethyl adjacent to an activating group) is 1. The topological polar surface area (TPSA) is 110 Å². The Kier molecular flexibility index (Phi) is 7.64. The van der Waals surface area contributed by atoms with E-state index >= 15 is 0 Å². The Balaban J connectivity index is 2.26. The molecule has 1 heterocycles. The lowest BCUT2D eigenvalue weighted by Crippen LogP contribution is -2.42. The molecule has 1 amide bonds. The zero-order chi connectivity index (χ0) is 21.6. The number of nitrogens with two attached hydrogens (primary N) is 1. The fourth-order valence-electron chi connectivity index (χ4n) is 3.02. The van der Waals surface area contributed by atoms with Gasteiger partial charge in [-0.05, 0) is 37.0 Å². The summed E-state index contributed by atoms with van der Waals surface area (Å²) in [6, 6.07) is 7.54. The van der Waals surface area contributed by atoms with Gasteiger partial charge in [-0.1, -0.05) is 39.3 Å². The Labute approximate surface area is 170 Å². The fraction of sp³-hybridized carbons (Fsp3) is 0.476. The van der Waals surface area contributed by atoms with Crippen LogP contribution in [0.3, 0.4) is 0 Å². The number of hydrogen-bond donors (Lipinski definition) is 2. The minimum Gasteiger partial charge on any atom is -0.484 e. The highest BCUT2D eigenvalue weighted by molar-refractivity contribution is 5.96. The highest BCUT2D eigenvalue weighted by Crippen LogP contribution is 2.21. The molecule has 1 aromatic heterocycles. The molecule has 3 N–H and O–H groups in total. The van der Waals surface area contributed by atoms with E-state index in [2.05, 4.69) is 18.8 Å². The smallest absolute Gasteiger partial charge is 0.330 e. The summed E-state index contributed by atoms with van der Waals surface area (Å²) in [4.78, 5) is 40.8. The molecular weight excluding hydrogens is 372 g/mol. The zero-order valence-electron chi connectivity index (χ0n) is 17.5. The Morgan fingerprint density at radius 3 is 2.62 bits per heavy atom. The molecule has 0 bridgehead atoms. The second-order valence-corrected chi connectivity index (χ2v) is 7.15. The number of H-pyrrole nitrogens is 1. The largest absolute Gasteiger partial charge is 0.484 e. The van der Waals surface area contributed by atoms with Crippen LogP contribution >= 0.6 is 0 Å². The molecule has 0 saturated heterocycles. The summed E-state index contributed by atoms with van der Waals surface area (Å²) >= 11 is 0. The van der Waals surface area contributed by atoms with Gasteiger partial charge >= 0.3 is 5.69 Å². The van der Waals surface area contributed by atoms with E-state index in [-0.39, 0.29) is 24.7 Å². The van der Waals surface area contributed by atoms with E-state index in [0.717, 1.165) is 18.4 Å². The quantitative estimate of drug-likeness (QED) is 0.669. The van der Waals surface area contributed by atoms with Gasteiger partial charge in [0, 0.05) is 13.1 Å². The predicted octanol–water partition coefficient (Wildman–Crippen LogP) is 2.47. The maximum absolute atomic E-state index is 12.8. The Morgan fingerprint density at radius 1 is 1.28 bits per heavy atom. The van der Waals surface area contributed by atoms with E-state index in [1.807, 2.05) is 25.1 Å². The van der Waals surface area contributed by atoms with Crippen LogP contribution in [0.1, 0.15) is 52.0 Å². The van der Waals surface area contributed by atoms with E-state index < -0.39 is 17.2 Å². The van der Waals surface area contributed by atoms with Crippen molar-refractivity contribution < 1.29 is 9.53 Å². The molecular formula is C21H30N4O4. The minimum absolute atomic E-state index is 0.01000. The average molecular weight is 402 g/mol. The number of aromatic amines is 1. The van der Waals surface area contributed by atoms with Gasteiger partial charge in [0.25, 0.3) is 11.5 Å². The molecule has 8 nitrogen and oxygen atoms in total. The number of ether oxygens (including phenoxy) is 1. The van der Waals surface area contributed by atoms with Crippen molar-refractivity contribution in [2.45, 2.75) is 53.0 Å². The number of carbonyl (C=O) groups excluding carboxylic acids is 1. The molecule has 1 aromatic carbocycles. The second kappa shape index (κ2) is 9.95. The Morgan fingerprint density at radius 2 is 2.00 bits per heavy atom. The lowest BCUT2D eigenvalue weighted by atomic mass is 10.0. The van der Waals surface area contributed by atoms with Crippen LogP contribution in [0, 0.1) is 0 Å². The Hall–Kier alpha value is -3.03. The highest BCUT2D eigenvalue weighted by Gasteiger charge is 2.23. The van der Waals surface area contributed by atoms with Crippen LogP contribution in [0.25, 0.3) is 0 Å². The predicted molar refractivity (Wildman–Crippen MR) is 115 cm³/mol. The van der Waals surface area contributed by atoms with Crippen molar-refractivity contribution in [3.63, 3.8) is 0 Å². The monoisotopic (exact) mass is 402 g/mol. The number of anilines is 2. The third-order valence-corrected chi connectivity index (χ3v) is 4.72. The summed E-state index contributed by atoms with van der Waals surface area (Å²) < 4.78 is 6.94. The molecule has 0 radical (unpaired) electrons. The number of carbonyl (C=O) groups is 1. The summed E-state index contributed by atoms with van der Waals surface area (Å²) in [5.41, 5.74) is 5.93. The second-order valence-electron chi connectivity index (χ2n) is 7.15. The number of unbranched alkanes of at least 4 members (excludes halogenated alkanes) is 1. The molecule has 0 atom stereocenters. The lowest BCUT2D eigenvalue weighted by Gasteiger charge is -2.23. The van der Waals surface area contributed by atoms with Crippen LogP contribution < -0.4 is 26.6 Å². The van der Waals surface area contributed by atoms with E-state index in [1.165, 1.54) is 9.47 Å². The van der Waals surface area contributed by atoms with Crippen LogP contribution in [0.15, 0.2) is 33.9 Å². The van der Waals surface area contributed by atoms with Gasteiger partial charge in [-0.2, -0.15) is 0 Å². The van der Waals surface area contributed by atoms with Crippen molar-refractivity contribution in [2.75, 3.05) is 23.8 Å². The van der Waals surface area contributed by atoms with Crippen LogP contribution in [0.2, 0.25) is 0 Å². The van der Waals surface area contributed by atoms with E-state index in [1.54, 1.807) is 13.0 Å². The van der Waals surface area contributed by atoms with Crippen molar-refractivity contribution in [1.82, 2.24) is 9.55 Å². The molecule has 0 aliphatic heterocycles. The first-order valence-corrected chi connectivity index (χ1v) is 9.95. The number of hydrogen-bond acceptors (Lipinski definition) is 5. The van der Waals surface area contributed by atoms with Crippen molar-refractivity contribution in [3.8, 4) is 5.75 Å². The average Bonchev–Trinajstić information content (AvgIpc) is 2.69. The molecule has 0 unspecified atom stereocenters. The number of aromatic nitrogens is 2. The highest BCUT2D eigenvalue weighted by atomic mass is 16.5. The molecule has 0 aliphatic carbocycles. The maximum Gasteiger partial charge on any atom is 0.330 e. The van der Waals surface area contributed by atoms with Gasteiger partial charge in [0.05, 0.1) is 0 Å². The molecule has 0 spiro atoms. The zero-order valence-corrected chi connectivity index (χ0v) is 17.5. The third-order valence-electron chi connectivity index (χ3n) is 4.72. The van der Waals surface area contributed by atoms with E-state index in [9.17, 15) is 14.4 Å². The van der Waals surface area contributed by atoms with Gasteiger partial charge in [0.15, 0.2) is 12.3 Å². The molecule has 158 valence electrons. The lowest BCUT2D eigenvalue weighted by molar-refractivity contribution is -0.120. The molecule has 2 rings (SSSR count). The number of rotatable bonds is 9.